The molecule has 0 saturated heterocycles. The van der Waals surface area contributed by atoms with Crippen molar-refractivity contribution in [3.8, 4) is 0 Å². The van der Waals surface area contributed by atoms with Crippen LogP contribution in [0.5, 0.6) is 0 Å². The van der Waals surface area contributed by atoms with Crippen molar-refractivity contribution in [1.82, 2.24) is 4.90 Å². The zero-order valence-electron chi connectivity index (χ0n) is 12.8. The van der Waals surface area contributed by atoms with Crippen molar-refractivity contribution in [1.29, 1.82) is 0 Å². The van der Waals surface area contributed by atoms with Gasteiger partial charge < -0.3 is 4.90 Å². The molecule has 114 valence electrons. The third kappa shape index (κ3) is 3.33. The summed E-state index contributed by atoms with van der Waals surface area (Å²) in [5, 5.41) is 0.773. The molecule has 0 fully saturated rings. The summed E-state index contributed by atoms with van der Waals surface area (Å²) in [6.45, 7) is 3.72. The minimum atomic E-state index is 0.206. The molecule has 0 aromatic heterocycles. The van der Waals surface area contributed by atoms with E-state index in [1.165, 1.54) is 11.1 Å². The van der Waals surface area contributed by atoms with Gasteiger partial charge in [0.2, 0.25) is 5.91 Å². The van der Waals surface area contributed by atoms with Gasteiger partial charge in [0.15, 0.2) is 0 Å². The number of fused-ring (bicyclic) bond motifs is 1. The van der Waals surface area contributed by atoms with Crippen LogP contribution >= 0.6 is 11.6 Å². The highest BCUT2D eigenvalue weighted by Gasteiger charge is 2.23. The van der Waals surface area contributed by atoms with Crippen LogP contribution in [0.1, 0.15) is 29.5 Å². The van der Waals surface area contributed by atoms with Crippen LogP contribution in [0.2, 0.25) is 5.02 Å². The van der Waals surface area contributed by atoms with E-state index in [0.29, 0.717) is 12.3 Å². The Morgan fingerprint density at radius 2 is 2.00 bits per heavy atom. The van der Waals surface area contributed by atoms with E-state index in [1.807, 2.05) is 47.4 Å². The molecule has 1 aliphatic heterocycles. The van der Waals surface area contributed by atoms with Crippen LogP contribution in [0.3, 0.4) is 0 Å². The van der Waals surface area contributed by atoms with Gasteiger partial charge in [0.1, 0.15) is 0 Å². The van der Waals surface area contributed by atoms with Crippen molar-refractivity contribution in [3.05, 3.63) is 70.2 Å². The molecule has 0 bridgehead atoms. The van der Waals surface area contributed by atoms with Gasteiger partial charge in [0.25, 0.3) is 0 Å². The Morgan fingerprint density at radius 3 is 2.77 bits per heavy atom. The number of hydrogen-bond acceptors (Lipinski definition) is 1. The van der Waals surface area contributed by atoms with E-state index < -0.39 is 0 Å². The molecule has 2 aromatic rings. The van der Waals surface area contributed by atoms with E-state index in [9.17, 15) is 4.79 Å². The number of amides is 1. The topological polar surface area (TPSA) is 20.3 Å². The smallest absolute Gasteiger partial charge is 0.227 e. The van der Waals surface area contributed by atoms with Crippen LogP contribution in [-0.4, -0.2) is 23.9 Å². The van der Waals surface area contributed by atoms with E-state index in [2.05, 4.69) is 13.0 Å². The maximum absolute atomic E-state index is 12.6. The van der Waals surface area contributed by atoms with Crippen molar-refractivity contribution >= 4 is 17.5 Å². The molecule has 3 rings (SSSR count). The molecule has 3 heteroatoms. The average molecular weight is 314 g/mol. The van der Waals surface area contributed by atoms with E-state index >= 15 is 0 Å². The summed E-state index contributed by atoms with van der Waals surface area (Å²) in [5.74, 6) is 0.521. The molecule has 2 aromatic carbocycles. The fourth-order valence-electron chi connectivity index (χ4n) is 3.14. The summed E-state index contributed by atoms with van der Waals surface area (Å²) >= 11 is 6.12. The quantitative estimate of drug-likeness (QED) is 0.818. The zero-order valence-corrected chi connectivity index (χ0v) is 13.5. The summed E-state index contributed by atoms with van der Waals surface area (Å²) in [7, 11) is 0. The highest BCUT2D eigenvalue weighted by Crippen LogP contribution is 2.28. The van der Waals surface area contributed by atoms with Crippen LogP contribution in [0.4, 0.5) is 0 Å². The maximum Gasteiger partial charge on any atom is 0.227 e. The van der Waals surface area contributed by atoms with Crippen molar-refractivity contribution in [2.45, 2.75) is 25.7 Å². The highest BCUT2D eigenvalue weighted by atomic mass is 35.5. The normalized spacial score (nSPS) is 17.7. The number of carbonyl (C=O) groups excluding carboxylic acids is 1. The number of carbonyl (C=O) groups is 1. The molecule has 1 amide bonds. The van der Waals surface area contributed by atoms with E-state index in [1.54, 1.807) is 0 Å². The Labute approximate surface area is 136 Å². The first-order valence-electron chi connectivity index (χ1n) is 7.73. The second kappa shape index (κ2) is 6.53. The van der Waals surface area contributed by atoms with Crippen molar-refractivity contribution < 1.29 is 4.79 Å². The first-order chi connectivity index (χ1) is 10.6. The van der Waals surface area contributed by atoms with E-state index in [0.717, 1.165) is 30.1 Å². The van der Waals surface area contributed by atoms with Gasteiger partial charge >= 0.3 is 0 Å². The Hall–Kier alpha value is -1.80. The first-order valence-corrected chi connectivity index (χ1v) is 8.11. The number of benzene rings is 2. The zero-order chi connectivity index (χ0) is 15.5. The molecule has 0 N–H and O–H groups in total. The lowest BCUT2D eigenvalue weighted by Gasteiger charge is -2.23. The molecule has 2 nitrogen and oxygen atoms in total. The van der Waals surface area contributed by atoms with Crippen LogP contribution in [0.25, 0.3) is 0 Å². The van der Waals surface area contributed by atoms with E-state index in [-0.39, 0.29) is 5.91 Å². The molecule has 1 heterocycles. The van der Waals surface area contributed by atoms with Gasteiger partial charge in [-0.15, -0.1) is 0 Å². The van der Waals surface area contributed by atoms with Gasteiger partial charge in [-0.05, 0) is 41.2 Å². The lowest BCUT2D eigenvalue weighted by molar-refractivity contribution is -0.130. The predicted molar refractivity (Wildman–Crippen MR) is 90.3 cm³/mol. The first kappa shape index (κ1) is 15.1. The number of hydrogen-bond donors (Lipinski definition) is 0. The second-order valence-electron chi connectivity index (χ2n) is 6.00. The van der Waals surface area contributed by atoms with Gasteiger partial charge in [-0.25, -0.2) is 0 Å². The molecule has 0 spiro atoms. The summed E-state index contributed by atoms with van der Waals surface area (Å²) < 4.78 is 0. The standard InChI is InChI=1S/C19H20ClNO/c1-14-13-21(19(22)11-15-5-3-2-4-6-15)10-9-16-7-8-17(20)12-18(14)16/h2-8,12,14H,9-11,13H2,1H3. The number of halogens is 1. The summed E-state index contributed by atoms with van der Waals surface area (Å²) in [6, 6.07) is 16.0. The summed E-state index contributed by atoms with van der Waals surface area (Å²) in [4.78, 5) is 14.6. The molecule has 22 heavy (non-hydrogen) atoms. The average Bonchev–Trinajstić information content (AvgIpc) is 2.68. The minimum absolute atomic E-state index is 0.206. The Bertz CT molecular complexity index is 668. The van der Waals surface area contributed by atoms with Gasteiger partial charge in [-0.1, -0.05) is 54.9 Å². The van der Waals surface area contributed by atoms with Crippen molar-refractivity contribution in [2.24, 2.45) is 0 Å². The van der Waals surface area contributed by atoms with Crippen LogP contribution in [0, 0.1) is 0 Å². The Balaban J connectivity index is 1.74. The van der Waals surface area contributed by atoms with Crippen LogP contribution in [0.15, 0.2) is 48.5 Å². The van der Waals surface area contributed by atoms with Gasteiger partial charge in [0, 0.05) is 18.1 Å². The largest absolute Gasteiger partial charge is 0.341 e. The molecule has 0 aliphatic carbocycles. The Morgan fingerprint density at radius 1 is 1.23 bits per heavy atom. The van der Waals surface area contributed by atoms with Gasteiger partial charge in [0.05, 0.1) is 6.42 Å². The number of rotatable bonds is 2. The molecule has 1 unspecified atom stereocenters. The maximum atomic E-state index is 12.6. The molecular weight excluding hydrogens is 294 g/mol. The SMILES string of the molecule is CC1CN(C(=O)Cc2ccccc2)CCc2ccc(Cl)cc21. The van der Waals surface area contributed by atoms with E-state index in [4.69, 9.17) is 11.6 Å². The molecule has 1 atom stereocenters. The minimum Gasteiger partial charge on any atom is -0.341 e. The van der Waals surface area contributed by atoms with Crippen molar-refractivity contribution in [3.63, 3.8) is 0 Å². The molecule has 0 radical (unpaired) electrons. The lowest BCUT2D eigenvalue weighted by Crippen LogP contribution is -2.35. The third-order valence-electron chi connectivity index (χ3n) is 4.34. The molecule has 0 saturated carbocycles. The van der Waals surface area contributed by atoms with Crippen molar-refractivity contribution in [2.75, 3.05) is 13.1 Å². The highest BCUT2D eigenvalue weighted by molar-refractivity contribution is 6.30. The van der Waals surface area contributed by atoms with Crippen LogP contribution in [-0.2, 0) is 17.6 Å². The molecule has 1 aliphatic rings. The van der Waals surface area contributed by atoms with Crippen LogP contribution < -0.4 is 0 Å². The fourth-order valence-corrected chi connectivity index (χ4v) is 3.32. The molecular formula is C19H20ClNO. The summed E-state index contributed by atoms with van der Waals surface area (Å²) in [6.07, 6.45) is 1.38. The second-order valence-corrected chi connectivity index (χ2v) is 6.43. The lowest BCUT2D eigenvalue weighted by atomic mass is 9.95. The monoisotopic (exact) mass is 313 g/mol. The fraction of sp³-hybridized carbons (Fsp3) is 0.316. The summed E-state index contributed by atoms with van der Waals surface area (Å²) in [5.41, 5.74) is 3.67. The predicted octanol–water partition coefficient (Wildman–Crippen LogP) is 4.07. The third-order valence-corrected chi connectivity index (χ3v) is 4.57. The number of nitrogens with zero attached hydrogens (tertiary/aromatic N) is 1. The van der Waals surface area contributed by atoms with Gasteiger partial charge in [-0.2, -0.15) is 0 Å². The Kier molecular flexibility index (Phi) is 4.49. The van der Waals surface area contributed by atoms with Gasteiger partial charge in [-0.3, -0.25) is 4.79 Å².